The zero-order chi connectivity index (χ0) is 16.9. The smallest absolute Gasteiger partial charge is 0.293 e. The molecule has 1 N–H and O–H groups in total. The first kappa shape index (κ1) is 15.9. The predicted molar refractivity (Wildman–Crippen MR) is 87.7 cm³/mol. The van der Waals surface area contributed by atoms with Gasteiger partial charge in [-0.05, 0) is 35.4 Å². The standard InChI is InChI=1S/C18H15F2N3O/c19-15-5-1-13(2-6-15)11-22-17-18(24)23(10-9-21-17)12-14-3-7-16(20)8-4-14/h1-10H,11-12H2,(H,21,22). The Balaban J connectivity index is 1.74. The molecule has 0 radical (unpaired) electrons. The van der Waals surface area contributed by atoms with Crippen LogP contribution in [0.5, 0.6) is 0 Å². The number of hydrogen-bond donors (Lipinski definition) is 1. The summed E-state index contributed by atoms with van der Waals surface area (Å²) in [5.41, 5.74) is 1.38. The Labute approximate surface area is 137 Å². The number of hydrogen-bond acceptors (Lipinski definition) is 3. The van der Waals surface area contributed by atoms with Crippen LogP contribution in [-0.2, 0) is 13.1 Å². The highest BCUT2D eigenvalue weighted by Gasteiger charge is 2.05. The lowest BCUT2D eigenvalue weighted by atomic mass is 10.2. The number of aromatic nitrogens is 2. The Morgan fingerprint density at radius 1 is 0.917 bits per heavy atom. The van der Waals surface area contributed by atoms with Crippen molar-refractivity contribution in [2.75, 3.05) is 5.32 Å². The van der Waals surface area contributed by atoms with Gasteiger partial charge < -0.3 is 9.88 Å². The van der Waals surface area contributed by atoms with Crippen molar-refractivity contribution in [3.05, 3.63) is 94.0 Å². The number of nitrogens with zero attached hydrogens (tertiary/aromatic N) is 2. The molecule has 122 valence electrons. The normalized spacial score (nSPS) is 10.6. The van der Waals surface area contributed by atoms with Crippen molar-refractivity contribution in [2.24, 2.45) is 0 Å². The average Bonchev–Trinajstić information content (AvgIpc) is 2.59. The van der Waals surface area contributed by atoms with Gasteiger partial charge in [-0.3, -0.25) is 4.79 Å². The molecule has 0 amide bonds. The molecule has 0 fully saturated rings. The number of anilines is 1. The van der Waals surface area contributed by atoms with Crippen LogP contribution in [0.25, 0.3) is 0 Å². The van der Waals surface area contributed by atoms with Crippen LogP contribution < -0.4 is 10.9 Å². The van der Waals surface area contributed by atoms with E-state index in [1.807, 2.05) is 0 Å². The highest BCUT2D eigenvalue weighted by Crippen LogP contribution is 2.06. The third-order valence-electron chi connectivity index (χ3n) is 3.55. The summed E-state index contributed by atoms with van der Waals surface area (Å²) in [6.07, 6.45) is 3.10. The van der Waals surface area contributed by atoms with Crippen molar-refractivity contribution < 1.29 is 8.78 Å². The van der Waals surface area contributed by atoms with E-state index in [-0.39, 0.29) is 23.0 Å². The second kappa shape index (κ2) is 7.04. The van der Waals surface area contributed by atoms with Crippen LogP contribution in [0.1, 0.15) is 11.1 Å². The molecule has 0 saturated carbocycles. The fraction of sp³-hybridized carbons (Fsp3) is 0.111. The molecule has 0 atom stereocenters. The quantitative estimate of drug-likeness (QED) is 0.783. The maximum absolute atomic E-state index is 12.9. The van der Waals surface area contributed by atoms with Gasteiger partial charge in [0.25, 0.3) is 5.56 Å². The lowest BCUT2D eigenvalue weighted by Gasteiger charge is -2.09. The summed E-state index contributed by atoms with van der Waals surface area (Å²) in [6.45, 7) is 0.690. The molecule has 0 aliphatic heterocycles. The third kappa shape index (κ3) is 3.84. The van der Waals surface area contributed by atoms with E-state index in [1.54, 1.807) is 30.5 Å². The van der Waals surface area contributed by atoms with Crippen molar-refractivity contribution in [2.45, 2.75) is 13.1 Å². The minimum absolute atomic E-state index is 0.212. The summed E-state index contributed by atoms with van der Waals surface area (Å²) in [5.74, 6) is -0.412. The van der Waals surface area contributed by atoms with Crippen LogP contribution in [0.3, 0.4) is 0 Å². The average molecular weight is 327 g/mol. The van der Waals surface area contributed by atoms with Gasteiger partial charge in [-0.25, -0.2) is 13.8 Å². The molecule has 0 aliphatic rings. The molecule has 1 aromatic heterocycles. The zero-order valence-electron chi connectivity index (χ0n) is 12.7. The zero-order valence-corrected chi connectivity index (χ0v) is 12.7. The molecule has 3 rings (SSSR count). The second-order valence-electron chi connectivity index (χ2n) is 5.32. The Morgan fingerprint density at radius 3 is 2.12 bits per heavy atom. The van der Waals surface area contributed by atoms with Gasteiger partial charge in [0, 0.05) is 18.9 Å². The summed E-state index contributed by atoms with van der Waals surface area (Å²) < 4.78 is 27.3. The maximum atomic E-state index is 12.9. The van der Waals surface area contributed by atoms with E-state index in [1.165, 1.54) is 35.0 Å². The molecule has 0 bridgehead atoms. The minimum atomic E-state index is -0.317. The molecule has 0 saturated heterocycles. The highest BCUT2D eigenvalue weighted by molar-refractivity contribution is 5.33. The number of halogens is 2. The summed E-state index contributed by atoms with van der Waals surface area (Å²) in [5, 5.41) is 2.96. The van der Waals surface area contributed by atoms with Gasteiger partial charge in [0.15, 0.2) is 5.82 Å². The van der Waals surface area contributed by atoms with E-state index >= 15 is 0 Å². The monoisotopic (exact) mass is 327 g/mol. The molecular formula is C18H15F2N3O. The Morgan fingerprint density at radius 2 is 1.50 bits per heavy atom. The van der Waals surface area contributed by atoms with Gasteiger partial charge in [-0.1, -0.05) is 24.3 Å². The molecule has 0 aliphatic carbocycles. The van der Waals surface area contributed by atoms with E-state index in [0.29, 0.717) is 13.1 Å². The summed E-state index contributed by atoms with van der Waals surface area (Å²) in [7, 11) is 0. The molecule has 3 aromatic rings. The van der Waals surface area contributed by atoms with Gasteiger partial charge in [0.1, 0.15) is 11.6 Å². The number of rotatable bonds is 5. The van der Waals surface area contributed by atoms with Crippen molar-refractivity contribution in [1.29, 1.82) is 0 Å². The Hall–Kier alpha value is -3.02. The van der Waals surface area contributed by atoms with E-state index in [0.717, 1.165) is 11.1 Å². The molecule has 0 spiro atoms. The number of benzene rings is 2. The Kier molecular flexibility index (Phi) is 4.65. The van der Waals surface area contributed by atoms with E-state index in [9.17, 15) is 13.6 Å². The third-order valence-corrected chi connectivity index (χ3v) is 3.55. The van der Waals surface area contributed by atoms with Crippen LogP contribution in [-0.4, -0.2) is 9.55 Å². The molecule has 1 heterocycles. The predicted octanol–water partition coefficient (Wildman–Crippen LogP) is 3.18. The van der Waals surface area contributed by atoms with Crippen molar-refractivity contribution in [3.8, 4) is 0 Å². The van der Waals surface area contributed by atoms with Crippen molar-refractivity contribution in [1.82, 2.24) is 9.55 Å². The van der Waals surface area contributed by atoms with Crippen molar-refractivity contribution in [3.63, 3.8) is 0 Å². The first-order valence-electron chi connectivity index (χ1n) is 7.40. The maximum Gasteiger partial charge on any atom is 0.293 e. The molecule has 0 unspecified atom stereocenters. The molecule has 4 nitrogen and oxygen atoms in total. The van der Waals surface area contributed by atoms with E-state index < -0.39 is 0 Å². The van der Waals surface area contributed by atoms with Gasteiger partial charge in [0.05, 0.1) is 6.54 Å². The first-order chi connectivity index (χ1) is 11.6. The second-order valence-corrected chi connectivity index (χ2v) is 5.32. The van der Waals surface area contributed by atoms with Gasteiger partial charge >= 0.3 is 0 Å². The van der Waals surface area contributed by atoms with Crippen LogP contribution in [0.15, 0.2) is 65.7 Å². The van der Waals surface area contributed by atoms with Crippen LogP contribution in [0, 0.1) is 11.6 Å². The number of nitrogens with one attached hydrogen (secondary N) is 1. The minimum Gasteiger partial charge on any atom is -0.361 e. The van der Waals surface area contributed by atoms with Crippen molar-refractivity contribution >= 4 is 5.82 Å². The lowest BCUT2D eigenvalue weighted by Crippen LogP contribution is -2.24. The summed E-state index contributed by atoms with van der Waals surface area (Å²) in [4.78, 5) is 16.5. The van der Waals surface area contributed by atoms with Gasteiger partial charge in [-0.2, -0.15) is 0 Å². The highest BCUT2D eigenvalue weighted by atomic mass is 19.1. The van der Waals surface area contributed by atoms with Gasteiger partial charge in [-0.15, -0.1) is 0 Å². The largest absolute Gasteiger partial charge is 0.361 e. The lowest BCUT2D eigenvalue weighted by molar-refractivity contribution is 0.625. The molecule has 2 aromatic carbocycles. The van der Waals surface area contributed by atoms with Gasteiger partial charge in [0.2, 0.25) is 0 Å². The fourth-order valence-electron chi connectivity index (χ4n) is 2.27. The fourth-order valence-corrected chi connectivity index (χ4v) is 2.27. The van der Waals surface area contributed by atoms with E-state index in [4.69, 9.17) is 0 Å². The van der Waals surface area contributed by atoms with Crippen LogP contribution in [0.2, 0.25) is 0 Å². The molecule has 24 heavy (non-hydrogen) atoms. The molecular weight excluding hydrogens is 312 g/mol. The summed E-state index contributed by atoms with van der Waals surface area (Å²) in [6, 6.07) is 12.0. The van der Waals surface area contributed by atoms with Crippen LogP contribution >= 0.6 is 0 Å². The molecule has 6 heteroatoms. The van der Waals surface area contributed by atoms with E-state index in [2.05, 4.69) is 10.3 Å². The Bertz CT molecular complexity index is 874. The topological polar surface area (TPSA) is 46.9 Å². The SMILES string of the molecule is O=c1c(NCc2ccc(F)cc2)nccn1Cc1ccc(F)cc1. The summed E-state index contributed by atoms with van der Waals surface area (Å²) >= 11 is 0. The first-order valence-corrected chi connectivity index (χ1v) is 7.40. The van der Waals surface area contributed by atoms with Crippen LogP contribution in [0.4, 0.5) is 14.6 Å².